The van der Waals surface area contributed by atoms with Crippen molar-refractivity contribution in [2.75, 3.05) is 16.8 Å². The molecule has 0 fully saturated rings. The minimum Gasteiger partial charge on any atom is -0.365 e. The van der Waals surface area contributed by atoms with Crippen molar-refractivity contribution in [3.05, 3.63) is 70.9 Å². The number of alkyl halides is 5. The average molecular weight is 475 g/mol. The summed E-state index contributed by atoms with van der Waals surface area (Å²) < 4.78 is 67.2. The summed E-state index contributed by atoms with van der Waals surface area (Å²) in [4.78, 5) is 10.3. The van der Waals surface area contributed by atoms with E-state index in [1.54, 1.807) is 36.2 Å². The lowest BCUT2D eigenvalue weighted by molar-refractivity contribution is -0.710. The van der Waals surface area contributed by atoms with Crippen molar-refractivity contribution in [3.8, 4) is 6.07 Å². The van der Waals surface area contributed by atoms with Crippen LogP contribution in [0.1, 0.15) is 28.1 Å². The van der Waals surface area contributed by atoms with Gasteiger partial charge in [-0.25, -0.2) is 18.7 Å². The van der Waals surface area contributed by atoms with Crippen molar-refractivity contribution in [1.82, 2.24) is 9.97 Å². The van der Waals surface area contributed by atoms with Crippen LogP contribution in [0.25, 0.3) is 0 Å². The van der Waals surface area contributed by atoms with Gasteiger partial charge in [-0.05, 0) is 30.7 Å². The zero-order valence-electron chi connectivity index (χ0n) is 18.1. The fraction of sp³-hybridized carbons (Fsp3) is 0.304. The molecule has 11 heteroatoms. The number of hydrogen-bond donors (Lipinski definition) is 1. The van der Waals surface area contributed by atoms with Crippen LogP contribution >= 0.6 is 0 Å². The van der Waals surface area contributed by atoms with E-state index < -0.39 is 30.3 Å². The highest BCUT2D eigenvalue weighted by molar-refractivity contribution is 5.61. The van der Waals surface area contributed by atoms with Crippen LogP contribution in [-0.2, 0) is 25.7 Å². The Balaban J connectivity index is 1.58. The van der Waals surface area contributed by atoms with Crippen molar-refractivity contribution in [1.29, 1.82) is 5.26 Å². The number of hydrogen-bond acceptors (Lipinski definition) is 5. The minimum absolute atomic E-state index is 0.259. The summed E-state index contributed by atoms with van der Waals surface area (Å²) in [5.41, 5.74) is 1.67. The van der Waals surface area contributed by atoms with Crippen LogP contribution in [0.15, 0.2) is 42.9 Å². The first kappa shape index (κ1) is 23.4. The molecule has 0 radical (unpaired) electrons. The van der Waals surface area contributed by atoms with Crippen LogP contribution in [0.2, 0.25) is 0 Å². The van der Waals surface area contributed by atoms with Crippen LogP contribution in [0.5, 0.6) is 0 Å². The number of anilines is 3. The van der Waals surface area contributed by atoms with Gasteiger partial charge in [0, 0.05) is 30.8 Å². The van der Waals surface area contributed by atoms with E-state index >= 15 is 0 Å². The SMILES string of the molecule is Cc1ccc(Nc2ncnc3c2CCN(c2ccc(C#N)c(C(F)(F)F)c2)C3)c[n+]1CC(F)F. The van der Waals surface area contributed by atoms with Gasteiger partial charge in [0.25, 0.3) is 6.43 Å². The van der Waals surface area contributed by atoms with E-state index in [2.05, 4.69) is 15.3 Å². The first-order valence-corrected chi connectivity index (χ1v) is 10.4. The second-order valence-corrected chi connectivity index (χ2v) is 7.89. The van der Waals surface area contributed by atoms with Crippen LogP contribution in [-0.4, -0.2) is 22.9 Å². The number of nitriles is 1. The van der Waals surface area contributed by atoms with E-state index in [0.717, 1.165) is 11.6 Å². The van der Waals surface area contributed by atoms with Crippen LogP contribution < -0.4 is 14.8 Å². The van der Waals surface area contributed by atoms with Crippen molar-refractivity contribution < 1.29 is 26.5 Å². The highest BCUT2D eigenvalue weighted by Crippen LogP contribution is 2.36. The Kier molecular flexibility index (Phi) is 6.32. The predicted molar refractivity (Wildman–Crippen MR) is 114 cm³/mol. The molecule has 0 unspecified atom stereocenters. The molecule has 3 aromatic rings. The van der Waals surface area contributed by atoms with Gasteiger partial charge in [0.15, 0.2) is 11.9 Å². The molecule has 0 aliphatic carbocycles. The Hall–Kier alpha value is -3.81. The van der Waals surface area contributed by atoms with E-state index in [4.69, 9.17) is 5.26 Å². The quantitative estimate of drug-likeness (QED) is 0.434. The Morgan fingerprint density at radius 2 is 2.00 bits per heavy atom. The first-order chi connectivity index (χ1) is 16.2. The fourth-order valence-electron chi connectivity index (χ4n) is 3.92. The molecule has 0 saturated carbocycles. The van der Waals surface area contributed by atoms with Gasteiger partial charge in [-0.1, -0.05) is 0 Å². The molecule has 0 atom stereocenters. The van der Waals surface area contributed by atoms with Crippen LogP contribution in [0.3, 0.4) is 0 Å². The van der Waals surface area contributed by atoms with Crippen molar-refractivity contribution in [3.63, 3.8) is 0 Å². The lowest BCUT2D eigenvalue weighted by Crippen LogP contribution is -2.40. The van der Waals surface area contributed by atoms with E-state index in [0.29, 0.717) is 41.5 Å². The van der Waals surface area contributed by atoms with Gasteiger partial charge in [-0.2, -0.15) is 23.0 Å². The molecular formula is C23H20F5N6+. The molecule has 0 spiro atoms. The second kappa shape index (κ2) is 9.21. The summed E-state index contributed by atoms with van der Waals surface area (Å²) in [6.07, 6.45) is -3.73. The topological polar surface area (TPSA) is 68.7 Å². The number of rotatable bonds is 5. The summed E-state index contributed by atoms with van der Waals surface area (Å²) in [6.45, 7) is 1.98. The van der Waals surface area contributed by atoms with Gasteiger partial charge >= 0.3 is 6.18 Å². The van der Waals surface area contributed by atoms with E-state index in [1.165, 1.54) is 23.0 Å². The summed E-state index contributed by atoms with van der Waals surface area (Å²) in [7, 11) is 0. The van der Waals surface area contributed by atoms with Crippen molar-refractivity contribution in [2.24, 2.45) is 0 Å². The minimum atomic E-state index is -4.64. The standard InChI is InChI=1S/C23H20F5N6/c1-14-2-4-16(10-34(14)12-21(24)25)32-22-18-6-7-33(11-20(18)30-13-31-22)17-5-3-15(9-29)19(8-17)23(26,27)28/h2-5,8,10,13,21H,6-7,11-12H2,1H3,(H,30,31,32)/q+1. The summed E-state index contributed by atoms with van der Waals surface area (Å²) in [5.74, 6) is 0.521. The monoisotopic (exact) mass is 475 g/mol. The molecule has 2 aromatic heterocycles. The number of pyridine rings is 1. The number of nitrogens with zero attached hydrogens (tertiary/aromatic N) is 5. The molecule has 0 amide bonds. The molecule has 4 rings (SSSR count). The zero-order chi connectivity index (χ0) is 24.5. The number of aryl methyl sites for hydroxylation is 1. The third-order valence-corrected chi connectivity index (χ3v) is 5.65. The molecule has 3 heterocycles. The molecule has 6 nitrogen and oxygen atoms in total. The number of aromatic nitrogens is 3. The van der Waals surface area contributed by atoms with Gasteiger partial charge in [0.05, 0.1) is 29.4 Å². The average Bonchev–Trinajstić information content (AvgIpc) is 2.80. The lowest BCUT2D eigenvalue weighted by Gasteiger charge is -2.31. The summed E-state index contributed by atoms with van der Waals surface area (Å²) >= 11 is 0. The van der Waals surface area contributed by atoms with Gasteiger partial charge in [0.1, 0.15) is 17.8 Å². The van der Waals surface area contributed by atoms with E-state index in [1.807, 2.05) is 0 Å². The predicted octanol–water partition coefficient (Wildman–Crippen LogP) is 4.53. The number of benzene rings is 1. The Morgan fingerprint density at radius 3 is 2.71 bits per heavy atom. The normalized spacial score (nSPS) is 13.5. The Morgan fingerprint density at radius 1 is 1.21 bits per heavy atom. The maximum atomic E-state index is 13.4. The zero-order valence-corrected chi connectivity index (χ0v) is 18.1. The summed E-state index contributed by atoms with van der Waals surface area (Å²) in [6, 6.07) is 8.72. The highest BCUT2D eigenvalue weighted by atomic mass is 19.4. The number of fused-ring (bicyclic) bond motifs is 1. The van der Waals surface area contributed by atoms with Crippen LogP contribution in [0, 0.1) is 18.3 Å². The van der Waals surface area contributed by atoms with E-state index in [-0.39, 0.29) is 6.54 Å². The molecule has 1 aliphatic rings. The van der Waals surface area contributed by atoms with E-state index in [9.17, 15) is 22.0 Å². The maximum Gasteiger partial charge on any atom is 0.417 e. The lowest BCUT2D eigenvalue weighted by atomic mass is 10.0. The van der Waals surface area contributed by atoms with Gasteiger partial charge in [-0.15, -0.1) is 0 Å². The molecule has 1 N–H and O–H groups in total. The third-order valence-electron chi connectivity index (χ3n) is 5.65. The molecule has 0 bridgehead atoms. The molecular weight excluding hydrogens is 455 g/mol. The smallest absolute Gasteiger partial charge is 0.365 e. The number of nitrogens with one attached hydrogen (secondary N) is 1. The molecule has 34 heavy (non-hydrogen) atoms. The molecule has 0 saturated heterocycles. The van der Waals surface area contributed by atoms with Crippen molar-refractivity contribution in [2.45, 2.75) is 39.0 Å². The molecule has 176 valence electrons. The van der Waals surface area contributed by atoms with Crippen molar-refractivity contribution >= 4 is 17.2 Å². The number of halogens is 5. The third kappa shape index (κ3) is 4.90. The Labute approximate surface area is 192 Å². The van der Waals surface area contributed by atoms with Gasteiger partial charge in [-0.3, -0.25) is 0 Å². The molecule has 1 aromatic carbocycles. The fourth-order valence-corrected chi connectivity index (χ4v) is 3.92. The molecule has 1 aliphatic heterocycles. The highest BCUT2D eigenvalue weighted by Gasteiger charge is 2.34. The van der Waals surface area contributed by atoms with Gasteiger partial charge in [0.2, 0.25) is 6.54 Å². The summed E-state index contributed by atoms with van der Waals surface area (Å²) in [5, 5.41) is 12.2. The van der Waals surface area contributed by atoms with Gasteiger partial charge < -0.3 is 10.2 Å². The second-order valence-electron chi connectivity index (χ2n) is 7.89. The maximum absolute atomic E-state index is 13.4. The first-order valence-electron chi connectivity index (χ1n) is 10.4. The Bertz CT molecular complexity index is 1250. The van der Waals surface area contributed by atoms with Crippen LogP contribution in [0.4, 0.5) is 39.1 Å². The largest absolute Gasteiger partial charge is 0.417 e.